The van der Waals surface area contributed by atoms with Gasteiger partial charge in [0, 0.05) is 12.8 Å². The zero-order valence-corrected chi connectivity index (χ0v) is 12.6. The van der Waals surface area contributed by atoms with E-state index in [-0.39, 0.29) is 17.3 Å². The number of nitrogens with zero attached hydrogens (tertiary/aromatic N) is 2. The molecule has 1 heterocycles. The zero-order chi connectivity index (χ0) is 14.8. The molecule has 0 unspecified atom stereocenters. The van der Waals surface area contributed by atoms with Crippen LogP contribution in [0, 0.1) is 6.92 Å². The molecule has 0 spiro atoms. The maximum Gasteiger partial charge on any atom is 0.265 e. The zero-order valence-electron chi connectivity index (χ0n) is 11.0. The van der Waals surface area contributed by atoms with E-state index in [9.17, 15) is 13.2 Å². The topological polar surface area (TPSA) is 89.0 Å². The lowest BCUT2D eigenvalue weighted by molar-refractivity contribution is 0.0954. The SMILES string of the molecule is Cc1nnsc1C(=O)NCc1cccc(S(C)(=O)=O)c1. The average molecular weight is 311 g/mol. The second-order valence-electron chi connectivity index (χ2n) is 4.29. The molecule has 20 heavy (non-hydrogen) atoms. The fraction of sp³-hybridized carbons (Fsp3) is 0.250. The molecule has 0 bridgehead atoms. The van der Waals surface area contributed by atoms with Crippen LogP contribution in [0.4, 0.5) is 0 Å². The van der Waals surface area contributed by atoms with Crippen LogP contribution in [0.5, 0.6) is 0 Å². The van der Waals surface area contributed by atoms with Gasteiger partial charge >= 0.3 is 0 Å². The Morgan fingerprint density at radius 2 is 2.15 bits per heavy atom. The van der Waals surface area contributed by atoms with Gasteiger partial charge in [0.05, 0.1) is 10.6 Å². The van der Waals surface area contributed by atoms with Crippen molar-refractivity contribution >= 4 is 27.3 Å². The van der Waals surface area contributed by atoms with Crippen molar-refractivity contribution in [3.8, 4) is 0 Å². The molecular formula is C12H13N3O3S2. The molecule has 1 amide bonds. The molecule has 0 aliphatic heterocycles. The lowest BCUT2D eigenvalue weighted by Crippen LogP contribution is -2.22. The minimum absolute atomic E-state index is 0.236. The van der Waals surface area contributed by atoms with Gasteiger partial charge in [0.15, 0.2) is 9.84 Å². The number of sulfone groups is 1. The molecule has 1 aromatic heterocycles. The van der Waals surface area contributed by atoms with Gasteiger partial charge in [0.25, 0.3) is 5.91 Å². The van der Waals surface area contributed by atoms with Gasteiger partial charge in [-0.3, -0.25) is 4.79 Å². The third kappa shape index (κ3) is 3.40. The molecule has 106 valence electrons. The number of carbonyl (C=O) groups excluding carboxylic acids is 1. The molecule has 0 aliphatic carbocycles. The predicted octanol–water partition coefficient (Wildman–Crippen LogP) is 1.18. The van der Waals surface area contributed by atoms with E-state index in [1.54, 1.807) is 25.1 Å². The van der Waals surface area contributed by atoms with Crippen molar-refractivity contribution in [3.63, 3.8) is 0 Å². The molecule has 6 nitrogen and oxygen atoms in total. The van der Waals surface area contributed by atoms with Gasteiger partial charge in [0.1, 0.15) is 4.88 Å². The van der Waals surface area contributed by atoms with E-state index in [4.69, 9.17) is 0 Å². The first kappa shape index (κ1) is 14.6. The smallest absolute Gasteiger partial charge is 0.265 e. The van der Waals surface area contributed by atoms with Crippen LogP contribution in [-0.4, -0.2) is 30.2 Å². The first-order valence-electron chi connectivity index (χ1n) is 5.74. The lowest BCUT2D eigenvalue weighted by Gasteiger charge is -2.05. The summed E-state index contributed by atoms with van der Waals surface area (Å²) in [7, 11) is -3.24. The first-order valence-corrected chi connectivity index (χ1v) is 8.40. The fourth-order valence-corrected chi connectivity index (χ4v) is 2.85. The molecule has 0 saturated heterocycles. The Hall–Kier alpha value is -1.80. The Labute approximate surface area is 120 Å². The van der Waals surface area contributed by atoms with Crippen molar-refractivity contribution in [2.75, 3.05) is 6.26 Å². The van der Waals surface area contributed by atoms with Crippen LogP contribution in [0.1, 0.15) is 20.9 Å². The third-order valence-corrected chi connectivity index (χ3v) is 4.57. The average Bonchev–Trinajstić information content (AvgIpc) is 2.82. The van der Waals surface area contributed by atoms with Crippen LogP contribution in [0.15, 0.2) is 29.2 Å². The minimum atomic E-state index is -3.24. The summed E-state index contributed by atoms with van der Waals surface area (Å²) in [4.78, 5) is 12.6. The Morgan fingerprint density at radius 1 is 1.40 bits per heavy atom. The number of benzene rings is 1. The molecule has 0 saturated carbocycles. The summed E-state index contributed by atoms with van der Waals surface area (Å²) in [6, 6.07) is 6.48. The molecule has 0 radical (unpaired) electrons. The Kier molecular flexibility index (Phi) is 4.15. The van der Waals surface area contributed by atoms with E-state index in [1.807, 2.05) is 0 Å². The van der Waals surface area contributed by atoms with Crippen molar-refractivity contribution in [2.45, 2.75) is 18.4 Å². The van der Waals surface area contributed by atoms with E-state index in [0.29, 0.717) is 10.6 Å². The molecule has 0 atom stereocenters. The van der Waals surface area contributed by atoms with E-state index in [0.717, 1.165) is 23.4 Å². The molecule has 8 heteroatoms. The van der Waals surface area contributed by atoms with E-state index >= 15 is 0 Å². The first-order chi connectivity index (χ1) is 9.38. The Balaban J connectivity index is 2.09. The summed E-state index contributed by atoms with van der Waals surface area (Å²) in [6.45, 7) is 1.96. The molecule has 2 aromatic rings. The van der Waals surface area contributed by atoms with Crippen LogP contribution in [0.3, 0.4) is 0 Å². The number of aromatic nitrogens is 2. The standard InChI is InChI=1S/C12H13N3O3S2/c1-8-11(19-15-14-8)12(16)13-7-9-4-3-5-10(6-9)20(2,17)18/h3-6H,7H2,1-2H3,(H,13,16). The summed E-state index contributed by atoms with van der Waals surface area (Å²) in [5.41, 5.74) is 1.30. The van der Waals surface area contributed by atoms with Gasteiger partial charge in [-0.25, -0.2) is 8.42 Å². The van der Waals surface area contributed by atoms with E-state index < -0.39 is 9.84 Å². The Morgan fingerprint density at radius 3 is 2.75 bits per heavy atom. The maximum atomic E-state index is 11.9. The normalized spacial score (nSPS) is 11.3. The number of nitrogens with one attached hydrogen (secondary N) is 1. The minimum Gasteiger partial charge on any atom is -0.347 e. The van der Waals surface area contributed by atoms with Crippen molar-refractivity contribution in [1.82, 2.24) is 14.9 Å². The van der Waals surface area contributed by atoms with Gasteiger partial charge in [-0.2, -0.15) is 0 Å². The highest BCUT2D eigenvalue weighted by molar-refractivity contribution is 7.90. The van der Waals surface area contributed by atoms with Crippen LogP contribution in [-0.2, 0) is 16.4 Å². The van der Waals surface area contributed by atoms with Crippen LogP contribution < -0.4 is 5.32 Å². The van der Waals surface area contributed by atoms with E-state index in [1.165, 1.54) is 6.07 Å². The number of aryl methyl sites for hydroxylation is 1. The van der Waals surface area contributed by atoms with Crippen molar-refractivity contribution in [2.24, 2.45) is 0 Å². The van der Waals surface area contributed by atoms with Crippen LogP contribution >= 0.6 is 11.5 Å². The summed E-state index contributed by atoms with van der Waals surface area (Å²) in [5, 5.41) is 6.48. The van der Waals surface area contributed by atoms with Crippen LogP contribution in [0.2, 0.25) is 0 Å². The van der Waals surface area contributed by atoms with Gasteiger partial charge in [-0.05, 0) is 36.2 Å². The second kappa shape index (κ2) is 5.68. The number of rotatable bonds is 4. The monoisotopic (exact) mass is 311 g/mol. The van der Waals surface area contributed by atoms with Gasteiger partial charge in [-0.15, -0.1) is 5.10 Å². The van der Waals surface area contributed by atoms with Crippen LogP contribution in [0.25, 0.3) is 0 Å². The highest BCUT2D eigenvalue weighted by Crippen LogP contribution is 2.12. The highest BCUT2D eigenvalue weighted by Gasteiger charge is 2.13. The quantitative estimate of drug-likeness (QED) is 0.916. The highest BCUT2D eigenvalue weighted by atomic mass is 32.2. The maximum absolute atomic E-state index is 11.9. The van der Waals surface area contributed by atoms with Gasteiger partial charge in [0.2, 0.25) is 0 Å². The summed E-state index contributed by atoms with van der Waals surface area (Å²) < 4.78 is 26.6. The van der Waals surface area contributed by atoms with Crippen molar-refractivity contribution in [3.05, 3.63) is 40.4 Å². The number of hydrogen-bond acceptors (Lipinski definition) is 6. The number of carbonyl (C=O) groups is 1. The largest absolute Gasteiger partial charge is 0.347 e. The van der Waals surface area contributed by atoms with Crippen molar-refractivity contribution < 1.29 is 13.2 Å². The molecule has 1 aromatic carbocycles. The molecule has 2 rings (SSSR count). The summed E-state index contributed by atoms with van der Waals surface area (Å²) in [5.74, 6) is -0.262. The molecule has 0 aliphatic rings. The molecule has 1 N–H and O–H groups in total. The summed E-state index contributed by atoms with van der Waals surface area (Å²) in [6.07, 6.45) is 1.15. The van der Waals surface area contributed by atoms with Gasteiger partial charge in [-0.1, -0.05) is 16.6 Å². The second-order valence-corrected chi connectivity index (χ2v) is 7.06. The predicted molar refractivity (Wildman–Crippen MR) is 75.4 cm³/mol. The third-order valence-electron chi connectivity index (χ3n) is 2.64. The molecular weight excluding hydrogens is 298 g/mol. The van der Waals surface area contributed by atoms with Gasteiger partial charge < -0.3 is 5.32 Å². The summed E-state index contributed by atoms with van der Waals surface area (Å²) >= 11 is 1.03. The number of amides is 1. The van der Waals surface area contributed by atoms with E-state index in [2.05, 4.69) is 14.9 Å². The lowest BCUT2D eigenvalue weighted by atomic mass is 10.2. The molecule has 0 fully saturated rings. The number of hydrogen-bond donors (Lipinski definition) is 1. The Bertz CT molecular complexity index is 738. The van der Waals surface area contributed by atoms with Crippen molar-refractivity contribution in [1.29, 1.82) is 0 Å². The fourth-order valence-electron chi connectivity index (χ4n) is 1.59.